The van der Waals surface area contributed by atoms with Crippen molar-refractivity contribution in [3.63, 3.8) is 0 Å². The predicted molar refractivity (Wildman–Crippen MR) is 128 cm³/mol. The zero-order valence-corrected chi connectivity index (χ0v) is 22.7. The summed E-state index contributed by atoms with van der Waals surface area (Å²) in [6.45, 7) is 23.1. The van der Waals surface area contributed by atoms with Crippen molar-refractivity contribution in [1.29, 1.82) is 0 Å². The van der Waals surface area contributed by atoms with Crippen molar-refractivity contribution in [3.8, 4) is 0 Å². The number of hydrogen-bond donors (Lipinski definition) is 0. The SMILES string of the molecule is C=C([O-])C(C)(C/C=C(C)/C=C/CC/C=C(\C)CO[Si](C)(C)C(C)(C)C)C(=O)OCC.[Li+]. The van der Waals surface area contributed by atoms with Crippen LogP contribution in [-0.4, -0.2) is 27.5 Å². The van der Waals surface area contributed by atoms with Crippen molar-refractivity contribution in [3.05, 3.63) is 47.8 Å². The van der Waals surface area contributed by atoms with Crippen LogP contribution in [0, 0.1) is 5.41 Å². The Labute approximate surface area is 204 Å². The molecule has 31 heavy (non-hydrogen) atoms. The molecule has 0 aliphatic rings. The van der Waals surface area contributed by atoms with E-state index in [2.05, 4.69) is 59.5 Å². The number of allylic oxidation sites excluding steroid dienone is 5. The van der Waals surface area contributed by atoms with E-state index in [-0.39, 0.29) is 36.9 Å². The second-order valence-corrected chi connectivity index (χ2v) is 14.5. The first kappa shape index (κ1) is 32.2. The largest absolute Gasteiger partial charge is 1.00 e. The Bertz CT molecular complexity index is 671. The fraction of sp³-hybridized carbons (Fsp3) is 0.640. The minimum atomic E-state index is -1.71. The standard InChI is InChI=1S/C25H44O4Si.Li/c1-11-28-23(27)25(8,22(4)26)18-17-20(2)15-13-12-14-16-21(3)19-29-30(9,10)24(5,6)7;/h13,15-17,26H,4,11-12,14,18-19H2,1-3,5-10H3;/q;+1/p-1/b15-13+,20-17+,21-16+;. The molecule has 0 saturated carbocycles. The van der Waals surface area contributed by atoms with Gasteiger partial charge in [-0.2, -0.15) is 0 Å². The number of hydrogen-bond acceptors (Lipinski definition) is 4. The molecule has 4 nitrogen and oxygen atoms in total. The van der Waals surface area contributed by atoms with E-state index in [1.807, 2.05) is 19.1 Å². The molecule has 0 aromatic carbocycles. The van der Waals surface area contributed by atoms with Gasteiger partial charge in [0.2, 0.25) is 0 Å². The second-order valence-electron chi connectivity index (χ2n) is 9.71. The van der Waals surface area contributed by atoms with E-state index < -0.39 is 25.5 Å². The van der Waals surface area contributed by atoms with E-state index in [4.69, 9.17) is 9.16 Å². The molecule has 0 fully saturated rings. The number of unbranched alkanes of at least 4 members (excludes halogenated alkanes) is 1. The van der Waals surface area contributed by atoms with Crippen LogP contribution in [0.2, 0.25) is 18.1 Å². The molecule has 0 N–H and O–H groups in total. The Morgan fingerprint density at radius 3 is 2.16 bits per heavy atom. The van der Waals surface area contributed by atoms with Gasteiger partial charge in [0.15, 0.2) is 8.32 Å². The molecule has 0 heterocycles. The van der Waals surface area contributed by atoms with E-state index in [1.54, 1.807) is 13.8 Å². The normalized spacial score (nSPS) is 15.4. The van der Waals surface area contributed by atoms with Gasteiger partial charge in [0.05, 0.1) is 18.6 Å². The summed E-state index contributed by atoms with van der Waals surface area (Å²) in [4.78, 5) is 12.1. The summed E-state index contributed by atoms with van der Waals surface area (Å²) >= 11 is 0. The summed E-state index contributed by atoms with van der Waals surface area (Å²) in [5.41, 5.74) is 1.04. The second kappa shape index (κ2) is 14.2. The zero-order chi connectivity index (χ0) is 23.6. The molecule has 0 amide bonds. The van der Waals surface area contributed by atoms with Crippen LogP contribution in [0.4, 0.5) is 0 Å². The molecule has 0 saturated heterocycles. The molecule has 6 heteroatoms. The van der Waals surface area contributed by atoms with Crippen molar-refractivity contribution in [2.24, 2.45) is 5.41 Å². The van der Waals surface area contributed by atoms with Crippen LogP contribution in [0.25, 0.3) is 0 Å². The van der Waals surface area contributed by atoms with Crippen molar-refractivity contribution < 1.29 is 37.9 Å². The number of carbonyl (C=O) groups excluding carboxylic acids is 1. The number of esters is 1. The van der Waals surface area contributed by atoms with Crippen LogP contribution in [0.15, 0.2) is 47.8 Å². The van der Waals surface area contributed by atoms with Gasteiger partial charge < -0.3 is 14.3 Å². The van der Waals surface area contributed by atoms with E-state index in [0.717, 1.165) is 18.4 Å². The third-order valence-corrected chi connectivity index (χ3v) is 10.3. The molecule has 0 bridgehead atoms. The van der Waals surface area contributed by atoms with Gasteiger partial charge in [0, 0.05) is 0 Å². The molecule has 0 aliphatic carbocycles. The van der Waals surface area contributed by atoms with Gasteiger partial charge >= 0.3 is 24.8 Å². The van der Waals surface area contributed by atoms with Gasteiger partial charge in [0.1, 0.15) is 0 Å². The van der Waals surface area contributed by atoms with Crippen LogP contribution in [0.3, 0.4) is 0 Å². The van der Waals surface area contributed by atoms with Gasteiger partial charge in [-0.25, -0.2) is 0 Å². The van der Waals surface area contributed by atoms with Crippen molar-refractivity contribution in [2.45, 2.75) is 85.9 Å². The van der Waals surface area contributed by atoms with Gasteiger partial charge in [0.25, 0.3) is 0 Å². The van der Waals surface area contributed by atoms with Crippen molar-refractivity contribution >= 4 is 14.3 Å². The predicted octanol–water partition coefficient (Wildman–Crippen LogP) is 3.07. The molecule has 1 unspecified atom stereocenters. The molecular formula is C25H43LiO4Si. The fourth-order valence-electron chi connectivity index (χ4n) is 2.30. The Hall–Kier alpha value is -0.996. The first-order valence-corrected chi connectivity index (χ1v) is 13.7. The fourth-order valence-corrected chi connectivity index (χ4v) is 3.32. The van der Waals surface area contributed by atoms with E-state index >= 15 is 0 Å². The molecule has 0 aliphatic heterocycles. The summed E-state index contributed by atoms with van der Waals surface area (Å²) in [5, 5.41) is 12.1. The monoisotopic (exact) mass is 442 g/mol. The maximum absolute atomic E-state index is 12.1. The average Bonchev–Trinajstić information content (AvgIpc) is 2.63. The van der Waals surface area contributed by atoms with E-state index in [9.17, 15) is 9.90 Å². The quantitative estimate of drug-likeness (QED) is 0.116. The Morgan fingerprint density at radius 1 is 1.10 bits per heavy atom. The van der Waals surface area contributed by atoms with Crippen molar-refractivity contribution in [2.75, 3.05) is 13.2 Å². The molecular weight excluding hydrogens is 399 g/mol. The first-order chi connectivity index (χ1) is 13.7. The minimum Gasteiger partial charge on any atom is -0.875 e. The first-order valence-electron chi connectivity index (χ1n) is 10.8. The molecule has 0 aromatic heterocycles. The van der Waals surface area contributed by atoms with Gasteiger partial charge in [-0.3, -0.25) is 4.79 Å². The van der Waals surface area contributed by atoms with E-state index in [0.29, 0.717) is 6.61 Å². The summed E-state index contributed by atoms with van der Waals surface area (Å²) in [6.07, 6.45) is 10.4. The molecule has 0 spiro atoms. The van der Waals surface area contributed by atoms with Crippen LogP contribution in [0.5, 0.6) is 0 Å². The van der Waals surface area contributed by atoms with Gasteiger partial charge in [-0.1, -0.05) is 56.2 Å². The average molecular weight is 443 g/mol. The number of carbonyl (C=O) groups is 1. The minimum absolute atomic E-state index is 0. The maximum Gasteiger partial charge on any atom is 1.00 e. The van der Waals surface area contributed by atoms with Crippen LogP contribution in [0.1, 0.15) is 67.7 Å². The van der Waals surface area contributed by atoms with Crippen LogP contribution < -0.4 is 24.0 Å². The zero-order valence-electron chi connectivity index (χ0n) is 21.7. The summed E-state index contributed by atoms with van der Waals surface area (Å²) in [6, 6.07) is 0. The van der Waals surface area contributed by atoms with Gasteiger partial charge in [-0.05, 0) is 65.1 Å². The maximum atomic E-state index is 12.1. The Morgan fingerprint density at radius 2 is 1.68 bits per heavy atom. The Balaban J connectivity index is 0. The van der Waals surface area contributed by atoms with E-state index in [1.165, 1.54) is 5.57 Å². The number of rotatable bonds is 12. The summed E-state index contributed by atoms with van der Waals surface area (Å²) in [5.74, 6) is -0.937. The summed E-state index contributed by atoms with van der Waals surface area (Å²) in [7, 11) is -1.71. The Kier molecular flexibility index (Phi) is 14.8. The van der Waals surface area contributed by atoms with Crippen LogP contribution in [-0.2, 0) is 14.0 Å². The molecule has 172 valence electrons. The topological polar surface area (TPSA) is 58.6 Å². The molecule has 0 rings (SSSR count). The summed E-state index contributed by atoms with van der Waals surface area (Å²) < 4.78 is 11.3. The van der Waals surface area contributed by atoms with Crippen LogP contribution >= 0.6 is 0 Å². The molecule has 1 atom stereocenters. The third-order valence-electron chi connectivity index (χ3n) is 5.85. The smallest absolute Gasteiger partial charge is 0.875 e. The molecule has 0 aromatic rings. The third kappa shape index (κ3) is 11.4. The molecule has 0 radical (unpaired) electrons. The van der Waals surface area contributed by atoms with Crippen molar-refractivity contribution in [1.82, 2.24) is 0 Å². The van der Waals surface area contributed by atoms with Gasteiger partial charge in [-0.15, -0.1) is 12.3 Å². The number of ether oxygens (including phenoxy) is 1.